The Bertz CT molecular complexity index is 1450. The van der Waals surface area contributed by atoms with E-state index in [1.54, 1.807) is 42.6 Å². The molecule has 38 heavy (non-hydrogen) atoms. The van der Waals surface area contributed by atoms with Crippen molar-refractivity contribution in [2.24, 2.45) is 0 Å². The molecule has 0 radical (unpaired) electrons. The number of carbonyl (C=O) groups is 3. The van der Waals surface area contributed by atoms with Gasteiger partial charge in [0.05, 0.1) is 5.52 Å². The Labute approximate surface area is 230 Å². The van der Waals surface area contributed by atoms with Crippen molar-refractivity contribution < 1.29 is 19.1 Å². The predicted octanol–water partition coefficient (Wildman–Crippen LogP) is 6.06. The summed E-state index contributed by atoms with van der Waals surface area (Å²) in [5, 5.41) is 3.70. The van der Waals surface area contributed by atoms with Crippen LogP contribution >= 0.6 is 15.9 Å². The minimum absolute atomic E-state index is 0.0505. The predicted molar refractivity (Wildman–Crippen MR) is 151 cm³/mol. The van der Waals surface area contributed by atoms with Crippen molar-refractivity contribution in [2.45, 2.75) is 38.6 Å². The second kappa shape index (κ2) is 11.7. The van der Waals surface area contributed by atoms with Gasteiger partial charge < -0.3 is 10.1 Å². The van der Waals surface area contributed by atoms with E-state index in [0.717, 1.165) is 26.5 Å². The number of halogens is 1. The monoisotopic (exact) mass is 572 g/mol. The third-order valence-electron chi connectivity index (χ3n) is 6.28. The first-order chi connectivity index (χ1) is 18.1. The maximum Gasteiger partial charge on any atom is 0.329 e. The number of amides is 1. The van der Waals surface area contributed by atoms with E-state index < -0.39 is 24.5 Å². The summed E-state index contributed by atoms with van der Waals surface area (Å²) in [6.45, 7) is 5.87. The molecule has 3 aromatic carbocycles. The number of nitrogens with one attached hydrogen (secondary N) is 1. The number of hydrogen-bond acceptors (Lipinski definition) is 5. The highest BCUT2D eigenvalue weighted by Crippen LogP contribution is 2.23. The lowest BCUT2D eigenvalue weighted by Crippen LogP contribution is -2.44. The van der Waals surface area contributed by atoms with Gasteiger partial charge in [0.1, 0.15) is 6.04 Å². The average Bonchev–Trinajstić information content (AvgIpc) is 2.91. The summed E-state index contributed by atoms with van der Waals surface area (Å²) in [6, 6.07) is 22.5. The third-order valence-corrected chi connectivity index (χ3v) is 6.81. The zero-order valence-corrected chi connectivity index (χ0v) is 23.1. The molecule has 4 aromatic rings. The second-order valence-corrected chi connectivity index (χ2v) is 11.0. The number of ketones is 1. The lowest BCUT2D eigenvalue weighted by Gasteiger charge is -2.20. The summed E-state index contributed by atoms with van der Waals surface area (Å²) in [7, 11) is 0. The van der Waals surface area contributed by atoms with Gasteiger partial charge in [0.25, 0.3) is 5.91 Å². The summed E-state index contributed by atoms with van der Waals surface area (Å²) >= 11 is 3.34. The molecule has 1 atom stereocenters. The van der Waals surface area contributed by atoms with Crippen LogP contribution in [-0.4, -0.2) is 35.3 Å². The molecule has 194 valence electrons. The quantitative estimate of drug-likeness (QED) is 0.205. The van der Waals surface area contributed by atoms with Crippen LogP contribution in [0.4, 0.5) is 0 Å². The molecule has 0 saturated carbocycles. The molecule has 4 rings (SSSR count). The van der Waals surface area contributed by atoms with Crippen LogP contribution < -0.4 is 5.32 Å². The largest absolute Gasteiger partial charge is 0.456 e. The number of benzene rings is 3. The molecule has 0 spiro atoms. The van der Waals surface area contributed by atoms with Gasteiger partial charge in [-0.2, -0.15) is 0 Å². The topological polar surface area (TPSA) is 85.4 Å². The van der Waals surface area contributed by atoms with Gasteiger partial charge in [-0.3, -0.25) is 14.6 Å². The molecule has 1 amide bonds. The Balaban J connectivity index is 1.54. The Kier molecular flexibility index (Phi) is 8.37. The van der Waals surface area contributed by atoms with Gasteiger partial charge in [0, 0.05) is 33.6 Å². The van der Waals surface area contributed by atoms with Gasteiger partial charge in [-0.05, 0) is 52.9 Å². The summed E-state index contributed by atoms with van der Waals surface area (Å²) < 4.78 is 6.25. The molecular weight excluding hydrogens is 544 g/mol. The second-order valence-electron chi connectivity index (χ2n) is 10.1. The zero-order valence-electron chi connectivity index (χ0n) is 21.5. The summed E-state index contributed by atoms with van der Waals surface area (Å²) in [5.41, 5.74) is 3.53. The van der Waals surface area contributed by atoms with Gasteiger partial charge in [-0.25, -0.2) is 4.79 Å². The van der Waals surface area contributed by atoms with Crippen molar-refractivity contribution in [3.63, 3.8) is 0 Å². The number of nitrogens with zero attached hydrogens (tertiary/aromatic N) is 1. The van der Waals surface area contributed by atoms with Crippen LogP contribution in [0, 0.1) is 0 Å². The lowest BCUT2D eigenvalue weighted by atomic mass is 9.86. The summed E-state index contributed by atoms with van der Waals surface area (Å²) in [6.07, 6.45) is 1.85. The fourth-order valence-electron chi connectivity index (χ4n) is 4.07. The number of carbonyl (C=O) groups excluding carboxylic acids is 3. The maximum atomic E-state index is 13.2. The Morgan fingerprint density at radius 3 is 2.24 bits per heavy atom. The Morgan fingerprint density at radius 1 is 0.895 bits per heavy atom. The molecule has 1 heterocycles. The van der Waals surface area contributed by atoms with Gasteiger partial charge in [-0.15, -0.1) is 0 Å². The van der Waals surface area contributed by atoms with Crippen molar-refractivity contribution in [2.75, 3.05) is 6.61 Å². The van der Waals surface area contributed by atoms with Gasteiger partial charge in [0.15, 0.2) is 12.4 Å². The molecule has 1 N–H and O–H groups in total. The van der Waals surface area contributed by atoms with E-state index in [9.17, 15) is 14.4 Å². The fraction of sp³-hybridized carbons (Fsp3) is 0.226. The molecule has 7 heteroatoms. The highest BCUT2D eigenvalue weighted by molar-refractivity contribution is 9.10. The number of esters is 1. The smallest absolute Gasteiger partial charge is 0.329 e. The van der Waals surface area contributed by atoms with Crippen LogP contribution in [0.25, 0.3) is 10.9 Å². The van der Waals surface area contributed by atoms with Crippen molar-refractivity contribution in [1.29, 1.82) is 0 Å². The number of Topliss-reactive ketones (excluding diaryl/α,β-unsaturated/α-hetero) is 1. The summed E-state index contributed by atoms with van der Waals surface area (Å²) in [5.74, 6) is -1.41. The number of rotatable bonds is 8. The lowest BCUT2D eigenvalue weighted by molar-refractivity contribution is -0.144. The van der Waals surface area contributed by atoms with Crippen molar-refractivity contribution >= 4 is 44.5 Å². The van der Waals surface area contributed by atoms with E-state index in [4.69, 9.17) is 4.74 Å². The molecule has 1 unspecified atom stereocenters. The van der Waals surface area contributed by atoms with E-state index in [2.05, 4.69) is 47.0 Å². The number of fused-ring (bicyclic) bond motifs is 1. The van der Waals surface area contributed by atoms with Gasteiger partial charge in [0.2, 0.25) is 0 Å². The first-order valence-electron chi connectivity index (χ1n) is 12.3. The van der Waals surface area contributed by atoms with Crippen LogP contribution in [0.5, 0.6) is 0 Å². The van der Waals surface area contributed by atoms with E-state index in [0.29, 0.717) is 11.1 Å². The summed E-state index contributed by atoms with van der Waals surface area (Å²) in [4.78, 5) is 43.3. The highest BCUT2D eigenvalue weighted by Gasteiger charge is 2.25. The number of aromatic nitrogens is 1. The average molecular weight is 573 g/mol. The first-order valence-corrected chi connectivity index (χ1v) is 13.1. The standard InChI is InChI=1S/C31H29BrN2O4/c1-31(2,3)23-12-8-21(9-13-23)29(36)34-27(18-22-16-17-33-26-7-5-4-6-25(22)26)30(37)38-19-28(35)20-10-14-24(32)15-11-20/h4-17,27H,18-19H2,1-3H3,(H,34,36). The van der Waals surface area contributed by atoms with E-state index in [-0.39, 0.29) is 17.6 Å². The first kappa shape index (κ1) is 27.2. The van der Waals surface area contributed by atoms with Crippen LogP contribution in [0.1, 0.15) is 52.6 Å². The van der Waals surface area contributed by atoms with Gasteiger partial charge >= 0.3 is 5.97 Å². The Hall–Kier alpha value is -3.84. The normalized spacial score (nSPS) is 12.1. The number of hydrogen-bond donors (Lipinski definition) is 1. The minimum Gasteiger partial charge on any atom is -0.456 e. The Morgan fingerprint density at radius 2 is 1.55 bits per heavy atom. The molecule has 1 aromatic heterocycles. The van der Waals surface area contributed by atoms with Crippen LogP contribution in [0.15, 0.2) is 89.5 Å². The highest BCUT2D eigenvalue weighted by atomic mass is 79.9. The van der Waals surface area contributed by atoms with Crippen molar-refractivity contribution in [1.82, 2.24) is 10.3 Å². The molecule has 0 fully saturated rings. The SMILES string of the molecule is CC(C)(C)c1ccc(C(=O)NC(Cc2ccnc3ccccc23)C(=O)OCC(=O)c2ccc(Br)cc2)cc1. The minimum atomic E-state index is -1.01. The molecular formula is C31H29BrN2O4. The maximum absolute atomic E-state index is 13.2. The molecule has 0 aliphatic carbocycles. The number of pyridine rings is 1. The molecule has 6 nitrogen and oxygen atoms in total. The van der Waals surface area contributed by atoms with Crippen LogP contribution in [-0.2, 0) is 21.4 Å². The molecule has 0 aliphatic heterocycles. The van der Waals surface area contributed by atoms with Crippen LogP contribution in [0.2, 0.25) is 0 Å². The fourth-order valence-corrected chi connectivity index (χ4v) is 4.33. The third kappa shape index (κ3) is 6.72. The van der Waals surface area contributed by atoms with E-state index in [1.165, 1.54) is 0 Å². The van der Waals surface area contributed by atoms with Crippen LogP contribution in [0.3, 0.4) is 0 Å². The number of para-hydroxylation sites is 1. The van der Waals surface area contributed by atoms with Crippen molar-refractivity contribution in [3.8, 4) is 0 Å². The van der Waals surface area contributed by atoms with E-state index in [1.807, 2.05) is 42.5 Å². The van der Waals surface area contributed by atoms with Crippen molar-refractivity contribution in [3.05, 3.63) is 112 Å². The zero-order chi connectivity index (χ0) is 27.3. The number of ether oxygens (including phenoxy) is 1. The molecule has 0 saturated heterocycles. The molecule has 0 bridgehead atoms. The molecule has 0 aliphatic rings. The van der Waals surface area contributed by atoms with E-state index >= 15 is 0 Å². The van der Waals surface area contributed by atoms with Gasteiger partial charge in [-0.1, -0.05) is 79.2 Å².